The van der Waals surface area contributed by atoms with Crippen LogP contribution in [-0.4, -0.2) is 23.4 Å². The van der Waals surface area contributed by atoms with Gasteiger partial charge >= 0.3 is 0 Å². The van der Waals surface area contributed by atoms with E-state index in [1.165, 1.54) is 25.6 Å². The summed E-state index contributed by atoms with van der Waals surface area (Å²) >= 11 is 7.45. The van der Waals surface area contributed by atoms with Crippen molar-refractivity contribution in [3.05, 3.63) is 22.7 Å². The van der Waals surface area contributed by atoms with E-state index in [-0.39, 0.29) is 24.0 Å². The fraction of sp³-hybridized carbons (Fsp3) is 0.308. The maximum atomic E-state index is 11.6. The molecule has 0 fully saturated rings. The standard InChI is InChI=1S/C13H12ClNO3S/c1-7(16)15(8(2)17)12-4-3-11(14)13-10(12)5-9(18)6-19-13/h3-4H,5-6H2,1-2H3. The lowest BCUT2D eigenvalue weighted by Crippen LogP contribution is -2.34. The van der Waals surface area contributed by atoms with Gasteiger partial charge in [-0.25, -0.2) is 0 Å². The van der Waals surface area contributed by atoms with Gasteiger partial charge in [-0.2, -0.15) is 0 Å². The zero-order valence-corrected chi connectivity index (χ0v) is 12.1. The molecule has 4 nitrogen and oxygen atoms in total. The summed E-state index contributed by atoms with van der Waals surface area (Å²) in [5.41, 5.74) is 1.12. The minimum atomic E-state index is -0.375. The predicted octanol–water partition coefficient (Wildman–Crippen LogP) is 2.46. The summed E-state index contributed by atoms with van der Waals surface area (Å²) in [6, 6.07) is 3.26. The number of thioether (sulfide) groups is 1. The number of fused-ring (bicyclic) bond motifs is 1. The first-order valence-corrected chi connectivity index (χ1v) is 7.05. The lowest BCUT2D eigenvalue weighted by Gasteiger charge is -2.25. The fourth-order valence-electron chi connectivity index (χ4n) is 2.09. The topological polar surface area (TPSA) is 54.5 Å². The Hall–Kier alpha value is -1.33. The third-order valence-corrected chi connectivity index (χ3v) is 4.46. The SMILES string of the molecule is CC(=O)N(C(C)=O)c1ccc(Cl)c2c1CC(=O)CS2. The van der Waals surface area contributed by atoms with Crippen molar-refractivity contribution in [2.75, 3.05) is 10.7 Å². The van der Waals surface area contributed by atoms with Gasteiger partial charge in [0, 0.05) is 25.2 Å². The Morgan fingerprint density at radius 2 is 1.89 bits per heavy atom. The van der Waals surface area contributed by atoms with Crippen LogP contribution in [-0.2, 0) is 20.8 Å². The molecular weight excluding hydrogens is 286 g/mol. The number of halogens is 1. The quantitative estimate of drug-likeness (QED) is 0.799. The van der Waals surface area contributed by atoms with E-state index < -0.39 is 0 Å². The summed E-state index contributed by atoms with van der Waals surface area (Å²) in [6.45, 7) is 2.64. The van der Waals surface area contributed by atoms with Crippen molar-refractivity contribution >= 4 is 46.6 Å². The van der Waals surface area contributed by atoms with E-state index >= 15 is 0 Å². The number of rotatable bonds is 1. The van der Waals surface area contributed by atoms with Gasteiger partial charge < -0.3 is 0 Å². The molecule has 1 heterocycles. The number of carbonyl (C=O) groups is 3. The zero-order chi connectivity index (χ0) is 14.2. The van der Waals surface area contributed by atoms with Gasteiger partial charge in [-0.05, 0) is 17.7 Å². The molecule has 100 valence electrons. The first-order valence-electron chi connectivity index (χ1n) is 5.69. The van der Waals surface area contributed by atoms with Gasteiger partial charge in [0.15, 0.2) is 0 Å². The van der Waals surface area contributed by atoms with Crippen LogP contribution in [0.25, 0.3) is 0 Å². The van der Waals surface area contributed by atoms with Crippen LogP contribution in [0.15, 0.2) is 17.0 Å². The van der Waals surface area contributed by atoms with Crippen molar-refractivity contribution in [3.63, 3.8) is 0 Å². The highest BCUT2D eigenvalue weighted by atomic mass is 35.5. The molecule has 19 heavy (non-hydrogen) atoms. The van der Waals surface area contributed by atoms with Gasteiger partial charge in [-0.1, -0.05) is 11.6 Å². The van der Waals surface area contributed by atoms with Crippen LogP contribution in [0.5, 0.6) is 0 Å². The summed E-state index contributed by atoms with van der Waals surface area (Å²) < 4.78 is 0. The second-order valence-electron chi connectivity index (χ2n) is 4.25. The Kier molecular flexibility index (Phi) is 3.96. The Morgan fingerprint density at radius 3 is 2.47 bits per heavy atom. The van der Waals surface area contributed by atoms with E-state index in [9.17, 15) is 14.4 Å². The summed E-state index contributed by atoms with van der Waals surface area (Å²) in [7, 11) is 0. The van der Waals surface area contributed by atoms with Gasteiger partial charge in [-0.15, -0.1) is 11.8 Å². The molecule has 0 aromatic heterocycles. The Balaban J connectivity index is 2.61. The smallest absolute Gasteiger partial charge is 0.230 e. The molecule has 0 spiro atoms. The Labute approximate surface area is 120 Å². The molecule has 0 atom stereocenters. The first kappa shape index (κ1) is 14.1. The highest BCUT2D eigenvalue weighted by Gasteiger charge is 2.27. The van der Waals surface area contributed by atoms with Crippen LogP contribution < -0.4 is 4.90 Å². The molecule has 0 bridgehead atoms. The highest BCUT2D eigenvalue weighted by Crippen LogP contribution is 2.40. The number of hydrogen-bond donors (Lipinski definition) is 0. The van der Waals surface area contributed by atoms with Crippen LogP contribution in [0.4, 0.5) is 5.69 Å². The monoisotopic (exact) mass is 297 g/mol. The van der Waals surface area contributed by atoms with E-state index in [1.807, 2.05) is 0 Å². The molecule has 2 rings (SSSR count). The molecule has 0 aliphatic carbocycles. The zero-order valence-electron chi connectivity index (χ0n) is 10.5. The predicted molar refractivity (Wildman–Crippen MR) is 74.7 cm³/mol. The number of carbonyl (C=O) groups excluding carboxylic acids is 3. The highest BCUT2D eigenvalue weighted by molar-refractivity contribution is 8.00. The van der Waals surface area contributed by atoms with Gasteiger partial charge in [0.1, 0.15) is 5.78 Å². The minimum absolute atomic E-state index is 0.0630. The number of hydrogen-bond acceptors (Lipinski definition) is 4. The number of benzene rings is 1. The van der Waals surface area contributed by atoms with E-state index in [0.717, 1.165) is 9.80 Å². The molecule has 1 aromatic carbocycles. The van der Waals surface area contributed by atoms with Crippen molar-refractivity contribution in [2.24, 2.45) is 0 Å². The van der Waals surface area contributed by atoms with Crippen molar-refractivity contribution < 1.29 is 14.4 Å². The van der Waals surface area contributed by atoms with Crippen LogP contribution in [0.1, 0.15) is 19.4 Å². The lowest BCUT2D eigenvalue weighted by atomic mass is 10.1. The molecule has 0 N–H and O–H groups in total. The Bertz CT molecular complexity index is 571. The van der Waals surface area contributed by atoms with Crippen molar-refractivity contribution in [1.29, 1.82) is 0 Å². The summed E-state index contributed by atoms with van der Waals surface area (Å²) in [5.74, 6) is -0.316. The normalized spacial score (nSPS) is 13.9. The van der Waals surface area contributed by atoms with Crippen LogP contribution >= 0.6 is 23.4 Å². The molecule has 0 saturated heterocycles. The maximum absolute atomic E-state index is 11.6. The number of Topliss-reactive ketones (excluding diaryl/α,β-unsaturated/α-hetero) is 1. The Morgan fingerprint density at radius 1 is 1.26 bits per heavy atom. The molecule has 0 unspecified atom stereocenters. The molecule has 0 radical (unpaired) electrons. The van der Waals surface area contributed by atoms with Crippen molar-refractivity contribution in [2.45, 2.75) is 25.2 Å². The van der Waals surface area contributed by atoms with E-state index in [1.54, 1.807) is 12.1 Å². The number of anilines is 1. The molecule has 1 aliphatic rings. The molecular formula is C13H12ClNO3S. The van der Waals surface area contributed by atoms with Crippen molar-refractivity contribution in [3.8, 4) is 0 Å². The van der Waals surface area contributed by atoms with E-state index in [2.05, 4.69) is 0 Å². The summed E-state index contributed by atoms with van der Waals surface area (Å²) in [5, 5.41) is 0.545. The van der Waals surface area contributed by atoms with Gasteiger partial charge in [0.25, 0.3) is 0 Å². The van der Waals surface area contributed by atoms with Gasteiger partial charge in [0.2, 0.25) is 11.8 Å². The average Bonchev–Trinajstić information content (AvgIpc) is 2.31. The van der Waals surface area contributed by atoms with Crippen molar-refractivity contribution in [1.82, 2.24) is 0 Å². The third kappa shape index (κ3) is 2.67. The summed E-state index contributed by atoms with van der Waals surface area (Å²) in [4.78, 5) is 36.7. The number of amides is 2. The molecule has 0 saturated carbocycles. The van der Waals surface area contributed by atoms with Crippen LogP contribution in [0, 0.1) is 0 Å². The van der Waals surface area contributed by atoms with Gasteiger partial charge in [0.05, 0.1) is 16.5 Å². The van der Waals surface area contributed by atoms with Crippen LogP contribution in [0.2, 0.25) is 5.02 Å². The maximum Gasteiger partial charge on any atom is 0.230 e. The average molecular weight is 298 g/mol. The van der Waals surface area contributed by atoms with E-state index in [0.29, 0.717) is 22.0 Å². The van der Waals surface area contributed by atoms with E-state index in [4.69, 9.17) is 11.6 Å². The number of imide groups is 1. The second-order valence-corrected chi connectivity index (χ2v) is 5.64. The summed E-state index contributed by atoms with van der Waals surface area (Å²) in [6.07, 6.45) is 0.204. The molecule has 6 heteroatoms. The fourth-order valence-corrected chi connectivity index (χ4v) is 3.39. The third-order valence-electron chi connectivity index (χ3n) is 2.81. The number of ketones is 1. The largest absolute Gasteiger partial charge is 0.298 e. The molecule has 1 aliphatic heterocycles. The first-order chi connectivity index (χ1) is 8.91. The van der Waals surface area contributed by atoms with Crippen LogP contribution in [0.3, 0.4) is 0 Å². The second kappa shape index (κ2) is 5.35. The lowest BCUT2D eigenvalue weighted by molar-refractivity contribution is -0.124. The van der Waals surface area contributed by atoms with Gasteiger partial charge in [-0.3, -0.25) is 19.3 Å². The molecule has 2 amide bonds. The molecule has 1 aromatic rings. The minimum Gasteiger partial charge on any atom is -0.298 e. The number of nitrogens with zero attached hydrogens (tertiary/aromatic N) is 1.